The lowest BCUT2D eigenvalue weighted by molar-refractivity contribution is 0.669. The van der Waals surface area contributed by atoms with Gasteiger partial charge in [0.15, 0.2) is 0 Å². The van der Waals surface area contributed by atoms with Crippen molar-refractivity contribution in [2.75, 3.05) is 10.3 Å². The van der Waals surface area contributed by atoms with E-state index in [1.54, 1.807) is 0 Å². The first-order valence-electron chi connectivity index (χ1n) is 14.2. The highest BCUT2D eigenvalue weighted by atomic mass is 16.3. The molecule has 2 N–H and O–H groups in total. The van der Waals surface area contributed by atoms with Gasteiger partial charge in [-0.2, -0.15) is 5.10 Å². The standard InChI is InChI=1S/C38H26N4O/c39-38-34(41-40-27-9-3-1-4-10-27)22-17-25-15-16-26-23-29(18-20-31(26)37(25)38)42(28-11-5-2-6-12-28)30-19-21-33-32-13-7-8-14-35(32)43-36(33)24-30/h1-24,39-40H/b39-38?,41-34-. The van der Waals surface area contributed by atoms with Gasteiger partial charge in [-0.05, 0) is 77.0 Å². The van der Waals surface area contributed by atoms with Crippen molar-refractivity contribution in [3.63, 3.8) is 0 Å². The minimum Gasteiger partial charge on any atom is -0.456 e. The zero-order valence-electron chi connectivity index (χ0n) is 23.2. The lowest BCUT2D eigenvalue weighted by Crippen LogP contribution is -2.19. The number of nitrogens with one attached hydrogen (secondary N) is 2. The van der Waals surface area contributed by atoms with E-state index in [0.29, 0.717) is 11.4 Å². The summed E-state index contributed by atoms with van der Waals surface area (Å²) < 4.78 is 6.24. The summed E-state index contributed by atoms with van der Waals surface area (Å²) in [6.45, 7) is 0. The molecular formula is C38H26N4O. The number of hydrazone groups is 1. The van der Waals surface area contributed by atoms with Gasteiger partial charge in [0.25, 0.3) is 0 Å². The Morgan fingerprint density at radius 2 is 1.28 bits per heavy atom. The number of anilines is 4. The third-order valence-electron chi connectivity index (χ3n) is 7.93. The van der Waals surface area contributed by atoms with E-state index in [4.69, 9.17) is 9.83 Å². The molecule has 0 radical (unpaired) electrons. The molecule has 1 aliphatic carbocycles. The van der Waals surface area contributed by atoms with Crippen molar-refractivity contribution in [2.24, 2.45) is 5.10 Å². The average molecular weight is 555 g/mol. The normalized spacial score (nSPS) is 13.6. The second-order valence-electron chi connectivity index (χ2n) is 10.6. The largest absolute Gasteiger partial charge is 0.456 e. The van der Waals surface area contributed by atoms with Crippen LogP contribution in [-0.2, 0) is 0 Å². The molecule has 1 heterocycles. The summed E-state index contributed by atoms with van der Waals surface area (Å²) in [5.41, 5.74) is 11.7. The Morgan fingerprint density at radius 3 is 2.12 bits per heavy atom. The highest BCUT2D eigenvalue weighted by molar-refractivity contribution is 6.55. The molecule has 5 nitrogen and oxygen atoms in total. The summed E-state index contributed by atoms with van der Waals surface area (Å²) in [6, 6.07) is 45.4. The van der Waals surface area contributed by atoms with Crippen molar-refractivity contribution in [2.45, 2.75) is 0 Å². The quantitative estimate of drug-likeness (QED) is 0.208. The third-order valence-corrected chi connectivity index (χ3v) is 7.93. The van der Waals surface area contributed by atoms with Gasteiger partial charge in [-0.1, -0.05) is 78.9 Å². The Hall–Kier alpha value is -5.94. The van der Waals surface area contributed by atoms with E-state index in [-0.39, 0.29) is 0 Å². The Labute approximate surface area is 248 Å². The van der Waals surface area contributed by atoms with Crippen molar-refractivity contribution in [1.82, 2.24) is 0 Å². The third kappa shape index (κ3) is 4.35. The van der Waals surface area contributed by atoms with Crippen LogP contribution in [0.25, 0.3) is 38.8 Å². The first-order chi connectivity index (χ1) is 21.2. The molecule has 0 saturated carbocycles. The topological polar surface area (TPSA) is 64.6 Å². The maximum absolute atomic E-state index is 9.06. The van der Waals surface area contributed by atoms with Crippen LogP contribution in [0.1, 0.15) is 11.1 Å². The Bertz CT molecular complexity index is 2230. The first-order valence-corrected chi connectivity index (χ1v) is 14.2. The second kappa shape index (κ2) is 10.2. The number of benzene rings is 6. The van der Waals surface area contributed by atoms with E-state index in [9.17, 15) is 0 Å². The van der Waals surface area contributed by atoms with Crippen molar-refractivity contribution < 1.29 is 4.42 Å². The van der Waals surface area contributed by atoms with Crippen molar-refractivity contribution in [1.29, 1.82) is 5.41 Å². The van der Waals surface area contributed by atoms with Crippen LogP contribution in [0.3, 0.4) is 0 Å². The van der Waals surface area contributed by atoms with Gasteiger partial charge < -0.3 is 9.32 Å². The molecule has 0 amide bonds. The first kappa shape index (κ1) is 24.8. The highest BCUT2D eigenvalue weighted by Gasteiger charge is 2.21. The summed E-state index contributed by atoms with van der Waals surface area (Å²) >= 11 is 0. The van der Waals surface area contributed by atoms with Crippen molar-refractivity contribution >= 4 is 73.0 Å². The van der Waals surface area contributed by atoms with Crippen LogP contribution < -0.4 is 10.3 Å². The zero-order chi connectivity index (χ0) is 28.8. The van der Waals surface area contributed by atoms with Crippen LogP contribution >= 0.6 is 0 Å². The lowest BCUT2D eigenvalue weighted by Gasteiger charge is -2.26. The van der Waals surface area contributed by atoms with Crippen LogP contribution in [0.2, 0.25) is 0 Å². The van der Waals surface area contributed by atoms with Gasteiger partial charge in [-0.15, -0.1) is 0 Å². The van der Waals surface area contributed by atoms with Crippen LogP contribution in [0.4, 0.5) is 22.7 Å². The zero-order valence-corrected chi connectivity index (χ0v) is 23.2. The minimum atomic E-state index is 0.398. The van der Waals surface area contributed by atoms with Gasteiger partial charge in [0.1, 0.15) is 16.9 Å². The van der Waals surface area contributed by atoms with E-state index in [1.807, 2.05) is 66.7 Å². The molecule has 6 aromatic carbocycles. The van der Waals surface area contributed by atoms with Gasteiger partial charge in [0, 0.05) is 39.5 Å². The number of nitrogens with zero attached hydrogens (tertiary/aromatic N) is 2. The molecule has 0 saturated heterocycles. The molecule has 0 aliphatic heterocycles. The molecule has 7 aromatic rings. The smallest absolute Gasteiger partial charge is 0.137 e. The maximum Gasteiger partial charge on any atom is 0.137 e. The van der Waals surface area contributed by atoms with Gasteiger partial charge >= 0.3 is 0 Å². The molecule has 8 rings (SSSR count). The van der Waals surface area contributed by atoms with Gasteiger partial charge in [0.2, 0.25) is 0 Å². The SMILES string of the molecule is N=C1/C(=N\Nc2ccccc2)C=Cc2ccc3cc(N(c4ccccc4)c4ccc5c(c4)oc4ccccc45)ccc3c21. The van der Waals surface area contributed by atoms with Crippen LogP contribution in [0.5, 0.6) is 0 Å². The number of hydrogen-bond donors (Lipinski definition) is 2. The molecule has 1 aliphatic rings. The predicted octanol–water partition coefficient (Wildman–Crippen LogP) is 10.1. The summed E-state index contributed by atoms with van der Waals surface area (Å²) in [4.78, 5) is 2.24. The summed E-state index contributed by atoms with van der Waals surface area (Å²) in [6.07, 6.45) is 3.93. The average Bonchev–Trinajstić information content (AvgIpc) is 3.43. The molecule has 1 aromatic heterocycles. The van der Waals surface area contributed by atoms with Gasteiger partial charge in [0.05, 0.1) is 11.4 Å². The predicted molar refractivity (Wildman–Crippen MR) is 179 cm³/mol. The number of furan rings is 1. The Kier molecular flexibility index (Phi) is 5.86. The Balaban J connectivity index is 1.22. The van der Waals surface area contributed by atoms with Crippen LogP contribution in [0, 0.1) is 5.41 Å². The van der Waals surface area contributed by atoms with E-state index < -0.39 is 0 Å². The number of para-hydroxylation sites is 3. The summed E-state index contributed by atoms with van der Waals surface area (Å²) in [5.74, 6) is 0. The monoisotopic (exact) mass is 554 g/mol. The second-order valence-corrected chi connectivity index (χ2v) is 10.6. The van der Waals surface area contributed by atoms with Crippen LogP contribution in [0.15, 0.2) is 149 Å². The summed E-state index contributed by atoms with van der Waals surface area (Å²) in [5, 5.41) is 17.9. The molecule has 0 atom stereocenters. The van der Waals surface area contributed by atoms with E-state index in [1.165, 1.54) is 0 Å². The Morgan fingerprint density at radius 1 is 0.581 bits per heavy atom. The number of fused-ring (bicyclic) bond motifs is 6. The molecule has 43 heavy (non-hydrogen) atoms. The molecule has 0 bridgehead atoms. The van der Waals surface area contributed by atoms with Crippen LogP contribution in [-0.4, -0.2) is 11.4 Å². The minimum absolute atomic E-state index is 0.398. The summed E-state index contributed by atoms with van der Waals surface area (Å²) in [7, 11) is 0. The van der Waals surface area contributed by atoms with Gasteiger partial charge in [-0.3, -0.25) is 10.8 Å². The van der Waals surface area contributed by atoms with Gasteiger partial charge in [-0.25, -0.2) is 0 Å². The fraction of sp³-hybridized carbons (Fsp3) is 0. The number of allylic oxidation sites excluding steroid dienone is 1. The number of hydrogen-bond acceptors (Lipinski definition) is 5. The highest BCUT2D eigenvalue weighted by Crippen LogP contribution is 2.40. The van der Waals surface area contributed by atoms with Crippen molar-refractivity contribution in [3.05, 3.63) is 151 Å². The fourth-order valence-electron chi connectivity index (χ4n) is 5.88. The lowest BCUT2D eigenvalue weighted by atomic mass is 9.89. The molecule has 204 valence electrons. The van der Waals surface area contributed by atoms with Crippen molar-refractivity contribution in [3.8, 4) is 0 Å². The van der Waals surface area contributed by atoms with E-state index in [0.717, 1.165) is 66.6 Å². The van der Waals surface area contributed by atoms with E-state index >= 15 is 0 Å². The molecule has 0 unspecified atom stereocenters. The molecule has 0 spiro atoms. The fourth-order valence-corrected chi connectivity index (χ4v) is 5.88. The maximum atomic E-state index is 9.06. The van der Waals surface area contributed by atoms with E-state index in [2.05, 4.69) is 94.3 Å². The number of rotatable bonds is 5. The molecule has 0 fully saturated rings. The molecular weight excluding hydrogens is 528 g/mol. The molecule has 5 heteroatoms.